The van der Waals surface area contributed by atoms with Crippen molar-refractivity contribution in [3.63, 3.8) is 0 Å². The van der Waals surface area contributed by atoms with Crippen LogP contribution in [0.15, 0.2) is 4.52 Å². The van der Waals surface area contributed by atoms with Gasteiger partial charge in [-0.2, -0.15) is 4.98 Å². The largest absolute Gasteiger partial charge is 0.396 e. The molecule has 0 aromatic carbocycles. The highest BCUT2D eigenvalue weighted by Crippen LogP contribution is 2.35. The van der Waals surface area contributed by atoms with Gasteiger partial charge in [-0.05, 0) is 44.4 Å². The molecule has 4 nitrogen and oxygen atoms in total. The maximum Gasteiger partial charge on any atom is 0.226 e. The fourth-order valence-electron chi connectivity index (χ4n) is 2.75. The zero-order valence-electron chi connectivity index (χ0n) is 11.3. The molecule has 1 heterocycles. The second-order valence-electron chi connectivity index (χ2n) is 5.35. The zero-order valence-corrected chi connectivity index (χ0v) is 11.3. The molecule has 0 aliphatic heterocycles. The Kier molecular flexibility index (Phi) is 5.17. The maximum absolute atomic E-state index is 8.73. The van der Waals surface area contributed by atoms with E-state index >= 15 is 0 Å². The first-order valence-electron chi connectivity index (χ1n) is 7.26. The quantitative estimate of drug-likeness (QED) is 0.790. The van der Waals surface area contributed by atoms with Crippen molar-refractivity contribution < 1.29 is 9.63 Å². The summed E-state index contributed by atoms with van der Waals surface area (Å²) in [5, 5.41) is 12.9. The normalized spacial score (nSPS) is 24.3. The van der Waals surface area contributed by atoms with E-state index < -0.39 is 0 Å². The van der Waals surface area contributed by atoms with E-state index in [2.05, 4.69) is 17.1 Å². The van der Waals surface area contributed by atoms with E-state index in [0.29, 0.717) is 5.92 Å². The highest BCUT2D eigenvalue weighted by molar-refractivity contribution is 4.97. The molecular weight excluding hydrogens is 228 g/mol. The van der Waals surface area contributed by atoms with Crippen molar-refractivity contribution in [3.8, 4) is 0 Å². The molecule has 0 saturated heterocycles. The lowest BCUT2D eigenvalue weighted by molar-refractivity contribution is 0.280. The first kappa shape index (κ1) is 13.5. The molecule has 1 aromatic rings. The third-order valence-electron chi connectivity index (χ3n) is 4.07. The Hall–Kier alpha value is -0.900. The SMILES string of the molecule is CCC1CCC(c2noc(CCCCO)n2)CC1. The summed E-state index contributed by atoms with van der Waals surface area (Å²) in [6, 6.07) is 0. The zero-order chi connectivity index (χ0) is 12.8. The molecule has 1 aromatic heterocycles. The minimum Gasteiger partial charge on any atom is -0.396 e. The second-order valence-corrected chi connectivity index (χ2v) is 5.35. The third kappa shape index (κ3) is 3.55. The number of unbranched alkanes of at least 4 members (excludes halogenated alkanes) is 1. The third-order valence-corrected chi connectivity index (χ3v) is 4.07. The summed E-state index contributed by atoms with van der Waals surface area (Å²) >= 11 is 0. The summed E-state index contributed by atoms with van der Waals surface area (Å²) in [4.78, 5) is 4.50. The van der Waals surface area contributed by atoms with Gasteiger partial charge in [0.25, 0.3) is 0 Å². The molecule has 0 unspecified atom stereocenters. The molecule has 1 N–H and O–H groups in total. The summed E-state index contributed by atoms with van der Waals surface area (Å²) in [5.41, 5.74) is 0. The Bertz CT molecular complexity index is 343. The summed E-state index contributed by atoms with van der Waals surface area (Å²) in [6.07, 6.45) is 8.82. The van der Waals surface area contributed by atoms with Crippen LogP contribution in [0.2, 0.25) is 0 Å². The average molecular weight is 252 g/mol. The molecule has 1 aliphatic rings. The van der Waals surface area contributed by atoms with Crippen LogP contribution in [0.3, 0.4) is 0 Å². The molecule has 1 aliphatic carbocycles. The van der Waals surface area contributed by atoms with Crippen LogP contribution in [-0.2, 0) is 6.42 Å². The number of hydrogen-bond acceptors (Lipinski definition) is 4. The van der Waals surface area contributed by atoms with Crippen molar-refractivity contribution in [2.45, 2.75) is 64.2 Å². The van der Waals surface area contributed by atoms with E-state index in [4.69, 9.17) is 9.63 Å². The first-order chi connectivity index (χ1) is 8.83. The molecule has 18 heavy (non-hydrogen) atoms. The molecular formula is C14H24N2O2. The number of hydrogen-bond donors (Lipinski definition) is 1. The Morgan fingerprint density at radius 2 is 2.00 bits per heavy atom. The fourth-order valence-corrected chi connectivity index (χ4v) is 2.75. The van der Waals surface area contributed by atoms with Gasteiger partial charge < -0.3 is 9.63 Å². The topological polar surface area (TPSA) is 59.2 Å². The Labute approximate surface area is 109 Å². The van der Waals surface area contributed by atoms with Gasteiger partial charge in [0, 0.05) is 18.9 Å². The predicted molar refractivity (Wildman–Crippen MR) is 69.3 cm³/mol. The fraction of sp³-hybridized carbons (Fsp3) is 0.857. The van der Waals surface area contributed by atoms with E-state index in [-0.39, 0.29) is 6.61 Å². The molecule has 102 valence electrons. The van der Waals surface area contributed by atoms with E-state index in [0.717, 1.165) is 36.9 Å². The van der Waals surface area contributed by atoms with E-state index in [9.17, 15) is 0 Å². The van der Waals surface area contributed by atoms with Gasteiger partial charge in [0.2, 0.25) is 5.89 Å². The molecule has 0 atom stereocenters. The van der Waals surface area contributed by atoms with E-state index in [1.54, 1.807) is 0 Å². The standard InChI is InChI=1S/C14H24N2O2/c1-2-11-6-8-12(9-7-11)14-15-13(18-16-14)5-3-4-10-17/h11-12,17H,2-10H2,1H3. The van der Waals surface area contributed by atoms with Crippen molar-refractivity contribution in [2.75, 3.05) is 6.61 Å². The van der Waals surface area contributed by atoms with Gasteiger partial charge in [0.05, 0.1) is 0 Å². The number of aromatic nitrogens is 2. The van der Waals surface area contributed by atoms with Crippen molar-refractivity contribution in [3.05, 3.63) is 11.7 Å². The molecule has 1 saturated carbocycles. The van der Waals surface area contributed by atoms with Gasteiger partial charge in [-0.1, -0.05) is 18.5 Å². The van der Waals surface area contributed by atoms with Crippen LogP contribution in [0.1, 0.15) is 69.5 Å². The van der Waals surface area contributed by atoms with Crippen molar-refractivity contribution >= 4 is 0 Å². The number of aliphatic hydroxyl groups is 1. The molecule has 4 heteroatoms. The second kappa shape index (κ2) is 6.88. The summed E-state index contributed by atoms with van der Waals surface area (Å²) in [5.74, 6) is 3.04. The minimum absolute atomic E-state index is 0.238. The van der Waals surface area contributed by atoms with E-state index in [1.165, 1.54) is 32.1 Å². The lowest BCUT2D eigenvalue weighted by atomic mass is 9.80. The molecule has 0 radical (unpaired) electrons. The Morgan fingerprint density at radius 3 is 2.67 bits per heavy atom. The summed E-state index contributed by atoms with van der Waals surface area (Å²) in [7, 11) is 0. The number of rotatable bonds is 6. The minimum atomic E-state index is 0.238. The van der Waals surface area contributed by atoms with Crippen LogP contribution >= 0.6 is 0 Å². The number of nitrogens with zero attached hydrogens (tertiary/aromatic N) is 2. The van der Waals surface area contributed by atoms with Gasteiger partial charge in [0.1, 0.15) is 0 Å². The lowest BCUT2D eigenvalue weighted by Crippen LogP contribution is -2.13. The maximum atomic E-state index is 8.73. The van der Waals surface area contributed by atoms with Crippen LogP contribution in [0.5, 0.6) is 0 Å². The highest BCUT2D eigenvalue weighted by Gasteiger charge is 2.24. The number of aliphatic hydroxyl groups excluding tert-OH is 1. The molecule has 1 fully saturated rings. The summed E-state index contributed by atoms with van der Waals surface area (Å²) < 4.78 is 5.27. The first-order valence-corrected chi connectivity index (χ1v) is 7.26. The average Bonchev–Trinajstić information content (AvgIpc) is 2.88. The van der Waals surface area contributed by atoms with Crippen LogP contribution in [0.4, 0.5) is 0 Å². The predicted octanol–water partition coefficient (Wildman–Crippen LogP) is 3.07. The molecule has 0 spiro atoms. The molecule has 2 rings (SSSR count). The molecule has 0 amide bonds. The van der Waals surface area contributed by atoms with Gasteiger partial charge in [0.15, 0.2) is 5.82 Å². The van der Waals surface area contributed by atoms with E-state index in [1.807, 2.05) is 0 Å². The summed E-state index contributed by atoms with van der Waals surface area (Å²) in [6.45, 7) is 2.51. The van der Waals surface area contributed by atoms with Crippen LogP contribution < -0.4 is 0 Å². The lowest BCUT2D eigenvalue weighted by Gasteiger charge is -2.25. The van der Waals surface area contributed by atoms with Crippen molar-refractivity contribution in [1.29, 1.82) is 0 Å². The van der Waals surface area contributed by atoms with Gasteiger partial charge in [-0.15, -0.1) is 0 Å². The van der Waals surface area contributed by atoms with Crippen LogP contribution in [0, 0.1) is 5.92 Å². The monoisotopic (exact) mass is 252 g/mol. The number of aryl methyl sites for hydroxylation is 1. The van der Waals surface area contributed by atoms with Gasteiger partial charge >= 0.3 is 0 Å². The highest BCUT2D eigenvalue weighted by atomic mass is 16.5. The van der Waals surface area contributed by atoms with Crippen molar-refractivity contribution in [2.24, 2.45) is 5.92 Å². The van der Waals surface area contributed by atoms with Crippen molar-refractivity contribution in [1.82, 2.24) is 10.1 Å². The van der Waals surface area contributed by atoms with Gasteiger partial charge in [-0.25, -0.2) is 0 Å². The molecule has 0 bridgehead atoms. The van der Waals surface area contributed by atoms with Crippen LogP contribution in [-0.4, -0.2) is 21.9 Å². The van der Waals surface area contributed by atoms with Gasteiger partial charge in [-0.3, -0.25) is 0 Å². The smallest absolute Gasteiger partial charge is 0.226 e. The Morgan fingerprint density at radius 1 is 1.22 bits per heavy atom. The van der Waals surface area contributed by atoms with Crippen LogP contribution in [0.25, 0.3) is 0 Å². The Balaban J connectivity index is 1.82.